The van der Waals surface area contributed by atoms with E-state index in [-0.39, 0.29) is 0 Å². The highest BCUT2D eigenvalue weighted by atomic mass is 32.2. The summed E-state index contributed by atoms with van der Waals surface area (Å²) in [5.41, 5.74) is 1.67. The molecule has 0 aromatic carbocycles. The summed E-state index contributed by atoms with van der Waals surface area (Å²) >= 11 is 2.06. The van der Waals surface area contributed by atoms with Crippen LogP contribution in [0.3, 0.4) is 0 Å². The number of aromatic amines is 1. The summed E-state index contributed by atoms with van der Waals surface area (Å²) in [5, 5.41) is 3.87. The highest BCUT2D eigenvalue weighted by Gasteiger charge is 2.23. The van der Waals surface area contributed by atoms with Gasteiger partial charge in [-0.2, -0.15) is 21.7 Å². The van der Waals surface area contributed by atoms with E-state index in [9.17, 15) is 0 Å². The van der Waals surface area contributed by atoms with Crippen molar-refractivity contribution in [3.8, 4) is 0 Å². The van der Waals surface area contributed by atoms with Crippen LogP contribution >= 0.6 is 11.8 Å². The second-order valence-corrected chi connectivity index (χ2v) is 6.26. The first-order chi connectivity index (χ1) is 9.81. The van der Waals surface area contributed by atoms with E-state index in [2.05, 4.69) is 48.8 Å². The van der Waals surface area contributed by atoms with E-state index in [4.69, 9.17) is 0 Å². The van der Waals surface area contributed by atoms with Crippen LogP contribution in [-0.2, 0) is 0 Å². The molecule has 1 unspecified atom stereocenters. The number of hydrogen-bond donors (Lipinski definition) is 2. The number of fused-ring (bicyclic) bond motifs is 1. The second-order valence-electron chi connectivity index (χ2n) is 4.85. The van der Waals surface area contributed by atoms with Gasteiger partial charge >= 0.3 is 0 Å². The quantitative estimate of drug-likeness (QED) is 0.899. The molecule has 0 bridgehead atoms. The van der Waals surface area contributed by atoms with Crippen molar-refractivity contribution in [3.63, 3.8) is 0 Å². The molecule has 1 aliphatic heterocycles. The van der Waals surface area contributed by atoms with Crippen LogP contribution in [0.25, 0.3) is 11.2 Å². The van der Waals surface area contributed by atoms with Gasteiger partial charge in [-0.15, -0.1) is 0 Å². The Hall–Kier alpha value is -1.50. The Balaban J connectivity index is 1.98. The van der Waals surface area contributed by atoms with Crippen molar-refractivity contribution in [1.29, 1.82) is 0 Å². The summed E-state index contributed by atoms with van der Waals surface area (Å²) in [5.74, 6) is 2.78. The Morgan fingerprint density at radius 1 is 1.45 bits per heavy atom. The molecule has 2 aromatic heterocycles. The number of nitrogens with one attached hydrogen (secondary N) is 2. The van der Waals surface area contributed by atoms with Crippen molar-refractivity contribution >= 4 is 34.7 Å². The molecule has 0 saturated carbocycles. The van der Waals surface area contributed by atoms with Crippen LogP contribution in [0.2, 0.25) is 0 Å². The van der Waals surface area contributed by atoms with Gasteiger partial charge in [0.15, 0.2) is 11.5 Å². The van der Waals surface area contributed by atoms with Crippen molar-refractivity contribution in [2.24, 2.45) is 0 Å². The molecule has 108 valence electrons. The Morgan fingerprint density at radius 2 is 2.35 bits per heavy atom. The number of aromatic nitrogens is 4. The van der Waals surface area contributed by atoms with Crippen molar-refractivity contribution in [2.75, 3.05) is 35.6 Å². The van der Waals surface area contributed by atoms with E-state index < -0.39 is 0 Å². The van der Waals surface area contributed by atoms with E-state index in [1.807, 2.05) is 6.92 Å². The highest BCUT2D eigenvalue weighted by Crippen LogP contribution is 2.28. The lowest BCUT2D eigenvalue weighted by molar-refractivity contribution is 0.721. The maximum absolute atomic E-state index is 4.68. The maximum atomic E-state index is 4.68. The van der Waals surface area contributed by atoms with Gasteiger partial charge < -0.3 is 15.2 Å². The standard InChI is InChI=1S/C13H20N6S/c1-3-9-7-19(5-6-20-9)12-10-11(16-8-15-10)17-13(18-12)14-4-2/h8-9H,3-7H2,1-2H3,(H2,14,15,16,17,18). The molecule has 6 nitrogen and oxygen atoms in total. The normalized spacial score (nSPS) is 19.5. The Labute approximate surface area is 122 Å². The molecule has 2 N–H and O–H groups in total. The van der Waals surface area contributed by atoms with Crippen molar-refractivity contribution in [1.82, 2.24) is 19.9 Å². The maximum Gasteiger partial charge on any atom is 0.226 e. The van der Waals surface area contributed by atoms with Crippen LogP contribution in [0.5, 0.6) is 0 Å². The van der Waals surface area contributed by atoms with E-state index in [1.54, 1.807) is 6.33 Å². The second kappa shape index (κ2) is 5.87. The average Bonchev–Trinajstić information content (AvgIpc) is 2.95. The largest absolute Gasteiger partial charge is 0.354 e. The minimum atomic E-state index is 0.661. The molecule has 0 aliphatic carbocycles. The number of nitrogens with zero attached hydrogens (tertiary/aromatic N) is 4. The van der Waals surface area contributed by atoms with Crippen molar-refractivity contribution in [3.05, 3.63) is 6.33 Å². The SMILES string of the molecule is CCNc1nc(N2CCSC(CC)C2)c2[nH]cnc2n1. The molecule has 0 spiro atoms. The first kappa shape index (κ1) is 13.5. The molecule has 0 radical (unpaired) electrons. The molecule has 1 saturated heterocycles. The molecule has 2 aromatic rings. The van der Waals surface area contributed by atoms with Gasteiger partial charge in [0.05, 0.1) is 6.33 Å². The zero-order valence-corrected chi connectivity index (χ0v) is 12.7. The van der Waals surface area contributed by atoms with E-state index in [0.717, 1.165) is 42.4 Å². The van der Waals surface area contributed by atoms with E-state index in [1.165, 1.54) is 6.42 Å². The Bertz CT molecular complexity index is 583. The zero-order chi connectivity index (χ0) is 13.9. The molecule has 1 atom stereocenters. The molecule has 3 heterocycles. The summed E-state index contributed by atoms with van der Waals surface area (Å²) in [6, 6.07) is 0. The molecule has 1 fully saturated rings. The first-order valence-electron chi connectivity index (χ1n) is 7.13. The van der Waals surface area contributed by atoms with E-state index in [0.29, 0.717) is 11.2 Å². The fourth-order valence-corrected chi connectivity index (χ4v) is 3.62. The van der Waals surface area contributed by atoms with Gasteiger partial charge in [0, 0.05) is 30.6 Å². The van der Waals surface area contributed by atoms with Crippen LogP contribution < -0.4 is 10.2 Å². The fraction of sp³-hybridized carbons (Fsp3) is 0.615. The van der Waals surface area contributed by atoms with Crippen LogP contribution in [0.1, 0.15) is 20.3 Å². The highest BCUT2D eigenvalue weighted by molar-refractivity contribution is 8.00. The van der Waals surface area contributed by atoms with Crippen LogP contribution in [-0.4, -0.2) is 50.6 Å². The molecule has 1 aliphatic rings. The third-order valence-corrected chi connectivity index (χ3v) is 4.87. The zero-order valence-electron chi connectivity index (χ0n) is 11.9. The van der Waals surface area contributed by atoms with Gasteiger partial charge in [-0.05, 0) is 13.3 Å². The summed E-state index contributed by atoms with van der Waals surface area (Å²) in [6.45, 7) is 7.16. The number of anilines is 2. The smallest absolute Gasteiger partial charge is 0.226 e. The molecule has 7 heteroatoms. The van der Waals surface area contributed by atoms with Gasteiger partial charge in [0.2, 0.25) is 5.95 Å². The monoisotopic (exact) mass is 292 g/mol. The number of rotatable bonds is 4. The first-order valence-corrected chi connectivity index (χ1v) is 8.18. The fourth-order valence-electron chi connectivity index (χ4n) is 2.44. The van der Waals surface area contributed by atoms with Gasteiger partial charge in [-0.25, -0.2) is 4.98 Å². The van der Waals surface area contributed by atoms with Crippen LogP contribution in [0.15, 0.2) is 6.33 Å². The number of H-pyrrole nitrogens is 1. The summed E-state index contributed by atoms with van der Waals surface area (Å²) < 4.78 is 0. The van der Waals surface area contributed by atoms with Gasteiger partial charge in [-0.1, -0.05) is 6.92 Å². The third kappa shape index (κ3) is 2.54. The lowest BCUT2D eigenvalue weighted by Gasteiger charge is -2.33. The summed E-state index contributed by atoms with van der Waals surface area (Å²) in [6.07, 6.45) is 2.88. The summed E-state index contributed by atoms with van der Waals surface area (Å²) in [7, 11) is 0. The van der Waals surface area contributed by atoms with Crippen LogP contribution in [0, 0.1) is 0 Å². The van der Waals surface area contributed by atoms with Gasteiger partial charge in [-0.3, -0.25) is 0 Å². The minimum Gasteiger partial charge on any atom is -0.354 e. The number of hydrogen-bond acceptors (Lipinski definition) is 6. The van der Waals surface area contributed by atoms with Gasteiger partial charge in [0.1, 0.15) is 5.52 Å². The number of imidazole rings is 1. The summed E-state index contributed by atoms with van der Waals surface area (Å²) in [4.78, 5) is 18.9. The third-order valence-electron chi connectivity index (χ3n) is 3.50. The lowest BCUT2D eigenvalue weighted by Crippen LogP contribution is -2.38. The number of thioether (sulfide) groups is 1. The molecular formula is C13H20N6S. The van der Waals surface area contributed by atoms with E-state index >= 15 is 0 Å². The van der Waals surface area contributed by atoms with Crippen molar-refractivity contribution in [2.45, 2.75) is 25.5 Å². The van der Waals surface area contributed by atoms with Gasteiger partial charge in [0.25, 0.3) is 0 Å². The predicted octanol–water partition coefficient (Wildman–Crippen LogP) is 2.12. The minimum absolute atomic E-state index is 0.661. The Morgan fingerprint density at radius 3 is 3.15 bits per heavy atom. The lowest BCUT2D eigenvalue weighted by atomic mass is 10.3. The molecule has 20 heavy (non-hydrogen) atoms. The van der Waals surface area contributed by atoms with Crippen LogP contribution in [0.4, 0.5) is 11.8 Å². The molecular weight excluding hydrogens is 272 g/mol. The average molecular weight is 292 g/mol. The molecule has 3 rings (SSSR count). The topological polar surface area (TPSA) is 69.7 Å². The van der Waals surface area contributed by atoms with Crippen molar-refractivity contribution < 1.29 is 0 Å². The Kier molecular flexibility index (Phi) is 3.95. The predicted molar refractivity (Wildman–Crippen MR) is 84.6 cm³/mol. The molecule has 0 amide bonds.